The van der Waals surface area contributed by atoms with Crippen LogP contribution in [0.2, 0.25) is 0 Å². The minimum atomic E-state index is -0.700. The quantitative estimate of drug-likeness (QED) is 0.683. The Bertz CT molecular complexity index is 530. The van der Waals surface area contributed by atoms with Crippen molar-refractivity contribution in [3.63, 3.8) is 0 Å². The fourth-order valence-corrected chi connectivity index (χ4v) is 3.22. The predicted molar refractivity (Wildman–Crippen MR) is 83.5 cm³/mol. The first-order valence-electron chi connectivity index (χ1n) is 7.54. The highest BCUT2D eigenvalue weighted by Gasteiger charge is 2.32. The Balaban J connectivity index is 2.44. The predicted octanol–water partition coefficient (Wildman–Crippen LogP) is 3.52. The number of nitrogens with zero attached hydrogens (tertiary/aromatic N) is 2. The number of hydrogen-bond donors (Lipinski definition) is 1. The number of nitro benzene ring substituents is 1. The highest BCUT2D eigenvalue weighted by Crippen LogP contribution is 2.37. The fraction of sp³-hybridized carbons (Fsp3) is 0.625. The van der Waals surface area contributed by atoms with E-state index >= 15 is 0 Å². The molecule has 0 amide bonds. The zero-order valence-electron chi connectivity index (χ0n) is 13.1. The van der Waals surface area contributed by atoms with Gasteiger partial charge in [-0.05, 0) is 43.7 Å². The molecule has 1 aliphatic rings. The van der Waals surface area contributed by atoms with Crippen molar-refractivity contribution in [1.29, 1.82) is 0 Å². The highest BCUT2D eigenvalue weighted by molar-refractivity contribution is 5.65. The van der Waals surface area contributed by atoms with Crippen molar-refractivity contribution in [3.05, 3.63) is 33.9 Å². The molecule has 21 heavy (non-hydrogen) atoms. The third-order valence-corrected chi connectivity index (χ3v) is 4.59. The summed E-state index contributed by atoms with van der Waals surface area (Å²) in [6, 6.07) is 5.33. The molecule has 1 aliphatic heterocycles. The molecule has 1 N–H and O–H groups in total. The number of nitro groups is 1. The summed E-state index contributed by atoms with van der Waals surface area (Å²) in [5, 5.41) is 21.0. The van der Waals surface area contributed by atoms with Gasteiger partial charge >= 0.3 is 0 Å². The Kier molecular flexibility index (Phi) is 4.52. The standard InChI is InChI=1S/C16H24N2O3/c1-10-7-11(2)12(3)17(9-10)15-6-5-14(13(4)19)8-16(15)18(20)21/h5-6,8,10-13,19H,7,9H2,1-4H3/t10?,11?,12?,13-/m1/s1. The van der Waals surface area contributed by atoms with E-state index in [0.717, 1.165) is 13.0 Å². The zero-order valence-corrected chi connectivity index (χ0v) is 13.1. The second-order valence-corrected chi connectivity index (χ2v) is 6.39. The largest absolute Gasteiger partial charge is 0.389 e. The lowest BCUT2D eigenvalue weighted by Crippen LogP contribution is -2.46. The number of anilines is 1. The summed E-state index contributed by atoms with van der Waals surface area (Å²) in [5.41, 5.74) is 1.33. The van der Waals surface area contributed by atoms with Crippen LogP contribution in [0.4, 0.5) is 11.4 Å². The Hall–Kier alpha value is -1.62. The number of piperidine rings is 1. The van der Waals surface area contributed by atoms with E-state index < -0.39 is 6.10 Å². The molecule has 1 aromatic carbocycles. The summed E-state index contributed by atoms with van der Waals surface area (Å²) >= 11 is 0. The lowest BCUT2D eigenvalue weighted by Gasteiger charge is -2.42. The van der Waals surface area contributed by atoms with Crippen LogP contribution in [0.25, 0.3) is 0 Å². The van der Waals surface area contributed by atoms with Gasteiger partial charge in [-0.1, -0.05) is 19.9 Å². The molecule has 1 aromatic rings. The molecule has 0 spiro atoms. The van der Waals surface area contributed by atoms with E-state index in [0.29, 0.717) is 23.1 Å². The van der Waals surface area contributed by atoms with E-state index in [4.69, 9.17) is 0 Å². The van der Waals surface area contributed by atoms with Gasteiger partial charge in [-0.15, -0.1) is 0 Å². The van der Waals surface area contributed by atoms with E-state index in [2.05, 4.69) is 25.7 Å². The number of rotatable bonds is 3. The van der Waals surface area contributed by atoms with Crippen molar-refractivity contribution in [2.75, 3.05) is 11.4 Å². The molecule has 1 fully saturated rings. The van der Waals surface area contributed by atoms with Gasteiger partial charge in [-0.2, -0.15) is 0 Å². The van der Waals surface area contributed by atoms with Crippen LogP contribution in [0.5, 0.6) is 0 Å². The van der Waals surface area contributed by atoms with E-state index in [1.54, 1.807) is 19.1 Å². The van der Waals surface area contributed by atoms with Crippen molar-refractivity contribution < 1.29 is 10.0 Å². The first-order valence-corrected chi connectivity index (χ1v) is 7.54. The van der Waals surface area contributed by atoms with E-state index in [1.807, 2.05) is 0 Å². The molecular formula is C16H24N2O3. The van der Waals surface area contributed by atoms with Gasteiger partial charge in [0.2, 0.25) is 0 Å². The normalized spacial score (nSPS) is 27.5. The summed E-state index contributed by atoms with van der Waals surface area (Å²) < 4.78 is 0. The van der Waals surface area contributed by atoms with Crippen LogP contribution < -0.4 is 4.90 Å². The van der Waals surface area contributed by atoms with Crippen molar-refractivity contribution in [1.82, 2.24) is 0 Å². The summed E-state index contributed by atoms with van der Waals surface area (Å²) in [6.45, 7) is 8.96. The van der Waals surface area contributed by atoms with Crippen molar-refractivity contribution in [3.8, 4) is 0 Å². The molecule has 5 nitrogen and oxygen atoms in total. The van der Waals surface area contributed by atoms with Gasteiger partial charge in [0, 0.05) is 18.7 Å². The van der Waals surface area contributed by atoms with Crippen molar-refractivity contribution in [2.24, 2.45) is 11.8 Å². The molecular weight excluding hydrogens is 268 g/mol. The van der Waals surface area contributed by atoms with Gasteiger partial charge in [0.15, 0.2) is 0 Å². The second-order valence-electron chi connectivity index (χ2n) is 6.39. The molecule has 0 bridgehead atoms. The van der Waals surface area contributed by atoms with E-state index in [9.17, 15) is 15.2 Å². The summed E-state index contributed by atoms with van der Waals surface area (Å²) in [4.78, 5) is 13.2. The molecule has 3 unspecified atom stereocenters. The Morgan fingerprint density at radius 2 is 2.05 bits per heavy atom. The summed E-state index contributed by atoms with van der Waals surface area (Å²) in [6.07, 6.45) is 0.450. The third kappa shape index (κ3) is 3.18. The van der Waals surface area contributed by atoms with Crippen LogP contribution in [0, 0.1) is 22.0 Å². The molecule has 2 rings (SSSR count). The van der Waals surface area contributed by atoms with Gasteiger partial charge in [0.25, 0.3) is 5.69 Å². The molecule has 0 radical (unpaired) electrons. The highest BCUT2D eigenvalue weighted by atomic mass is 16.6. The maximum atomic E-state index is 11.4. The van der Waals surface area contributed by atoms with E-state index in [1.165, 1.54) is 6.07 Å². The minimum Gasteiger partial charge on any atom is -0.389 e. The molecule has 0 aromatic heterocycles. The van der Waals surface area contributed by atoms with Gasteiger partial charge in [-0.25, -0.2) is 0 Å². The van der Waals surface area contributed by atoms with Gasteiger partial charge < -0.3 is 10.0 Å². The third-order valence-electron chi connectivity index (χ3n) is 4.59. The fourth-order valence-electron chi connectivity index (χ4n) is 3.22. The van der Waals surface area contributed by atoms with Gasteiger partial charge in [0.1, 0.15) is 5.69 Å². The SMILES string of the molecule is CC1CC(C)C(C)N(c2ccc([C@@H](C)O)cc2[N+](=O)[O-])C1. The number of hydrogen-bond acceptors (Lipinski definition) is 4. The monoisotopic (exact) mass is 292 g/mol. The molecule has 4 atom stereocenters. The second kappa shape index (κ2) is 6.02. The Morgan fingerprint density at radius 3 is 2.62 bits per heavy atom. The lowest BCUT2D eigenvalue weighted by atomic mass is 9.85. The van der Waals surface area contributed by atoms with Crippen molar-refractivity contribution in [2.45, 2.75) is 46.3 Å². The topological polar surface area (TPSA) is 66.6 Å². The van der Waals surface area contributed by atoms with E-state index in [-0.39, 0.29) is 16.7 Å². The molecule has 1 saturated heterocycles. The van der Waals surface area contributed by atoms with Crippen LogP contribution in [0.3, 0.4) is 0 Å². The number of aliphatic hydroxyl groups excluding tert-OH is 1. The maximum Gasteiger partial charge on any atom is 0.292 e. The van der Waals surface area contributed by atoms with Crippen LogP contribution in [-0.2, 0) is 0 Å². The first-order chi connectivity index (χ1) is 9.81. The van der Waals surface area contributed by atoms with Crippen LogP contribution in [-0.4, -0.2) is 22.6 Å². The minimum absolute atomic E-state index is 0.0848. The molecule has 0 saturated carbocycles. The Morgan fingerprint density at radius 1 is 1.38 bits per heavy atom. The molecule has 1 heterocycles. The smallest absolute Gasteiger partial charge is 0.292 e. The maximum absolute atomic E-state index is 11.4. The molecule has 116 valence electrons. The zero-order chi connectivity index (χ0) is 15.7. The number of aliphatic hydroxyl groups is 1. The van der Waals surface area contributed by atoms with Crippen LogP contribution in [0.15, 0.2) is 18.2 Å². The van der Waals surface area contributed by atoms with Gasteiger partial charge in [-0.3, -0.25) is 10.1 Å². The molecule has 5 heteroatoms. The summed E-state index contributed by atoms with van der Waals surface area (Å²) in [5.74, 6) is 1.03. The average molecular weight is 292 g/mol. The number of benzene rings is 1. The first kappa shape index (κ1) is 15.8. The van der Waals surface area contributed by atoms with Crippen molar-refractivity contribution >= 4 is 11.4 Å². The van der Waals surface area contributed by atoms with Gasteiger partial charge in [0.05, 0.1) is 11.0 Å². The summed E-state index contributed by atoms with van der Waals surface area (Å²) in [7, 11) is 0. The Labute approximate surface area is 125 Å². The average Bonchev–Trinajstić information content (AvgIpc) is 2.42. The van der Waals surface area contributed by atoms with Crippen LogP contribution in [0.1, 0.15) is 45.8 Å². The van der Waals surface area contributed by atoms with Crippen LogP contribution >= 0.6 is 0 Å². The lowest BCUT2D eigenvalue weighted by molar-refractivity contribution is -0.384. The molecule has 0 aliphatic carbocycles.